The molecular weight excluding hydrogens is 134 g/mol. The molecule has 0 saturated heterocycles. The normalized spacial score (nSPS) is 27.8. The fourth-order valence-corrected chi connectivity index (χ4v) is 1.17. The molecule has 0 radical (unpaired) electrons. The molecule has 0 bridgehead atoms. The third kappa shape index (κ3) is 6.36. The highest BCUT2D eigenvalue weighted by molar-refractivity contribution is 4.75. The molecule has 1 nitrogen and oxygen atoms in total. The Balaban J connectivity index is 0. The maximum absolute atomic E-state index is 5.68. The van der Waals surface area contributed by atoms with Gasteiger partial charge in [0.2, 0.25) is 0 Å². The molecule has 0 spiro atoms. The predicted octanol–water partition coefficient (Wildman–Crippen LogP) is 3.19. The summed E-state index contributed by atoms with van der Waals surface area (Å²) in [4.78, 5) is 0. The first-order valence-corrected chi connectivity index (χ1v) is 5.06. The molecule has 70 valence electrons. The Kier molecular flexibility index (Phi) is 12.3. The van der Waals surface area contributed by atoms with Crippen LogP contribution in [0.3, 0.4) is 0 Å². The maximum Gasteiger partial charge on any atom is 0.00645 e. The van der Waals surface area contributed by atoms with Crippen LogP contribution in [0.4, 0.5) is 0 Å². The standard InChI is InChI=1S/C6H13N.2C2H6/c1-5-3-2-4-6(5)7;2*1-2/h5-6H,2-4,7H2,1H3;2*1-2H3. The summed E-state index contributed by atoms with van der Waals surface area (Å²) in [5.41, 5.74) is 5.68. The third-order valence-corrected chi connectivity index (χ3v) is 1.93. The Morgan fingerprint density at radius 2 is 1.45 bits per heavy atom. The van der Waals surface area contributed by atoms with Gasteiger partial charge >= 0.3 is 0 Å². The smallest absolute Gasteiger partial charge is 0.00645 e. The topological polar surface area (TPSA) is 26.0 Å². The molecule has 0 aliphatic heterocycles. The first-order valence-electron chi connectivity index (χ1n) is 5.06. The van der Waals surface area contributed by atoms with Crippen molar-refractivity contribution in [2.24, 2.45) is 11.7 Å². The second kappa shape index (κ2) is 9.96. The Morgan fingerprint density at radius 3 is 1.55 bits per heavy atom. The lowest BCUT2D eigenvalue weighted by Gasteiger charge is -2.05. The van der Waals surface area contributed by atoms with E-state index in [0.717, 1.165) is 5.92 Å². The third-order valence-electron chi connectivity index (χ3n) is 1.93. The molecule has 2 atom stereocenters. The molecule has 1 saturated carbocycles. The van der Waals surface area contributed by atoms with Gasteiger partial charge in [0.25, 0.3) is 0 Å². The van der Waals surface area contributed by atoms with E-state index in [9.17, 15) is 0 Å². The molecule has 0 heterocycles. The zero-order valence-corrected chi connectivity index (χ0v) is 8.85. The lowest BCUT2D eigenvalue weighted by Crippen LogP contribution is -2.21. The summed E-state index contributed by atoms with van der Waals surface area (Å²) in [5.74, 6) is 0.792. The lowest BCUT2D eigenvalue weighted by molar-refractivity contribution is 0.527. The van der Waals surface area contributed by atoms with E-state index in [1.54, 1.807) is 0 Å². The van der Waals surface area contributed by atoms with Crippen molar-refractivity contribution in [2.75, 3.05) is 0 Å². The molecule has 1 heteroatoms. The summed E-state index contributed by atoms with van der Waals surface area (Å²) in [5, 5.41) is 0. The first kappa shape index (κ1) is 13.5. The number of nitrogens with two attached hydrogens (primary N) is 1. The van der Waals surface area contributed by atoms with Crippen molar-refractivity contribution in [3.63, 3.8) is 0 Å². The van der Waals surface area contributed by atoms with E-state index in [4.69, 9.17) is 5.73 Å². The minimum Gasteiger partial charge on any atom is -0.327 e. The SMILES string of the molecule is CC.CC.CC1CCCC1N. The van der Waals surface area contributed by atoms with E-state index < -0.39 is 0 Å². The Hall–Kier alpha value is -0.0400. The number of rotatable bonds is 0. The van der Waals surface area contributed by atoms with E-state index in [-0.39, 0.29) is 0 Å². The summed E-state index contributed by atoms with van der Waals surface area (Å²) in [7, 11) is 0. The van der Waals surface area contributed by atoms with Gasteiger partial charge in [0, 0.05) is 6.04 Å². The lowest BCUT2D eigenvalue weighted by atomic mass is 10.1. The predicted molar refractivity (Wildman–Crippen MR) is 53.7 cm³/mol. The molecule has 11 heavy (non-hydrogen) atoms. The molecule has 1 aliphatic rings. The monoisotopic (exact) mass is 159 g/mol. The van der Waals surface area contributed by atoms with E-state index in [1.165, 1.54) is 19.3 Å². The quantitative estimate of drug-likeness (QED) is 0.577. The van der Waals surface area contributed by atoms with E-state index >= 15 is 0 Å². The summed E-state index contributed by atoms with van der Waals surface area (Å²) in [6.45, 7) is 10.2. The van der Waals surface area contributed by atoms with Crippen molar-refractivity contribution >= 4 is 0 Å². The number of hydrogen-bond acceptors (Lipinski definition) is 1. The highest BCUT2D eigenvalue weighted by Crippen LogP contribution is 2.22. The van der Waals surface area contributed by atoms with Crippen LogP contribution in [-0.4, -0.2) is 6.04 Å². The van der Waals surface area contributed by atoms with Gasteiger partial charge in [-0.15, -0.1) is 0 Å². The molecule has 1 rings (SSSR count). The van der Waals surface area contributed by atoms with Crippen molar-refractivity contribution in [1.82, 2.24) is 0 Å². The highest BCUT2D eigenvalue weighted by atomic mass is 14.7. The van der Waals surface area contributed by atoms with Crippen LogP contribution in [0.2, 0.25) is 0 Å². The average Bonchev–Trinajstić information content (AvgIpc) is 2.44. The van der Waals surface area contributed by atoms with Gasteiger partial charge in [-0.25, -0.2) is 0 Å². The van der Waals surface area contributed by atoms with Crippen molar-refractivity contribution in [1.29, 1.82) is 0 Å². The molecule has 0 amide bonds. The van der Waals surface area contributed by atoms with Gasteiger partial charge < -0.3 is 5.73 Å². The molecule has 0 aromatic carbocycles. The fourth-order valence-electron chi connectivity index (χ4n) is 1.17. The highest BCUT2D eigenvalue weighted by Gasteiger charge is 2.18. The van der Waals surface area contributed by atoms with Crippen molar-refractivity contribution in [2.45, 2.75) is 59.9 Å². The molecule has 0 aromatic heterocycles. The molecule has 2 N–H and O–H groups in total. The van der Waals surface area contributed by atoms with Crippen molar-refractivity contribution < 1.29 is 0 Å². The van der Waals surface area contributed by atoms with Gasteiger partial charge in [-0.2, -0.15) is 0 Å². The van der Waals surface area contributed by atoms with Crippen LogP contribution in [0, 0.1) is 5.92 Å². The van der Waals surface area contributed by atoms with Gasteiger partial charge in [0.05, 0.1) is 0 Å². The average molecular weight is 159 g/mol. The van der Waals surface area contributed by atoms with Gasteiger partial charge in [-0.05, 0) is 18.8 Å². The van der Waals surface area contributed by atoms with Crippen LogP contribution in [0.5, 0.6) is 0 Å². The van der Waals surface area contributed by atoms with Crippen LogP contribution >= 0.6 is 0 Å². The summed E-state index contributed by atoms with van der Waals surface area (Å²) < 4.78 is 0. The van der Waals surface area contributed by atoms with Gasteiger partial charge in [0.15, 0.2) is 0 Å². The molecular formula is C10H25N. The fraction of sp³-hybridized carbons (Fsp3) is 1.00. The van der Waals surface area contributed by atoms with Crippen molar-refractivity contribution in [3.8, 4) is 0 Å². The van der Waals surface area contributed by atoms with Crippen LogP contribution in [0.25, 0.3) is 0 Å². The number of hydrogen-bond donors (Lipinski definition) is 1. The van der Waals surface area contributed by atoms with E-state index in [2.05, 4.69) is 6.92 Å². The zero-order chi connectivity index (χ0) is 9.28. The van der Waals surface area contributed by atoms with Gasteiger partial charge in [-0.1, -0.05) is 41.0 Å². The Labute approximate surface area is 72.4 Å². The van der Waals surface area contributed by atoms with Crippen LogP contribution in [0.15, 0.2) is 0 Å². The molecule has 0 aromatic rings. The van der Waals surface area contributed by atoms with Crippen molar-refractivity contribution in [3.05, 3.63) is 0 Å². The van der Waals surface area contributed by atoms with Crippen LogP contribution in [0.1, 0.15) is 53.9 Å². The second-order valence-electron chi connectivity index (χ2n) is 2.57. The van der Waals surface area contributed by atoms with E-state index in [0.29, 0.717) is 6.04 Å². The van der Waals surface area contributed by atoms with Crippen LogP contribution < -0.4 is 5.73 Å². The van der Waals surface area contributed by atoms with Gasteiger partial charge in [-0.3, -0.25) is 0 Å². The summed E-state index contributed by atoms with van der Waals surface area (Å²) >= 11 is 0. The van der Waals surface area contributed by atoms with E-state index in [1.807, 2.05) is 27.7 Å². The molecule has 1 fully saturated rings. The maximum atomic E-state index is 5.68. The summed E-state index contributed by atoms with van der Waals surface area (Å²) in [6.07, 6.45) is 3.95. The molecule has 1 aliphatic carbocycles. The summed E-state index contributed by atoms with van der Waals surface area (Å²) in [6, 6.07) is 0.514. The largest absolute Gasteiger partial charge is 0.327 e. The van der Waals surface area contributed by atoms with Gasteiger partial charge in [0.1, 0.15) is 0 Å². The minimum absolute atomic E-state index is 0.514. The van der Waals surface area contributed by atoms with Crippen LogP contribution in [-0.2, 0) is 0 Å². The second-order valence-corrected chi connectivity index (χ2v) is 2.57. The Morgan fingerprint density at radius 1 is 1.00 bits per heavy atom. The molecule has 2 unspecified atom stereocenters. The minimum atomic E-state index is 0.514. The Bertz CT molecular complexity index is 53.9. The first-order chi connectivity index (χ1) is 5.30. The zero-order valence-electron chi connectivity index (χ0n) is 8.85.